The van der Waals surface area contributed by atoms with Crippen molar-refractivity contribution in [3.8, 4) is 0 Å². The van der Waals surface area contributed by atoms with E-state index < -0.39 is 35.8 Å². The van der Waals surface area contributed by atoms with Crippen LogP contribution in [0.4, 0.5) is 0 Å². The fourth-order valence-electron chi connectivity index (χ4n) is 0.747. The summed E-state index contributed by atoms with van der Waals surface area (Å²) in [5.41, 5.74) is 0. The van der Waals surface area contributed by atoms with E-state index in [1.165, 1.54) is 0 Å². The maximum Gasteiger partial charge on any atom is 0.328 e. The van der Waals surface area contributed by atoms with E-state index >= 15 is 0 Å². The van der Waals surface area contributed by atoms with Crippen molar-refractivity contribution in [2.75, 3.05) is 0 Å². The maximum atomic E-state index is 9.79. The molecule has 0 fully saturated rings. The van der Waals surface area contributed by atoms with E-state index in [1.54, 1.807) is 0 Å². The van der Waals surface area contributed by atoms with E-state index in [0.29, 0.717) is 12.2 Å². The molecule has 6 N–H and O–H groups in total. The van der Waals surface area contributed by atoms with Gasteiger partial charge in [0.15, 0.2) is 0 Å². The Morgan fingerprint density at radius 2 is 0.720 bits per heavy atom. The monoisotopic (exact) mass is 366 g/mol. The fraction of sp³-hybridized carbons (Fsp3) is 0.385. The van der Waals surface area contributed by atoms with E-state index in [1.807, 2.05) is 0 Å². The lowest BCUT2D eigenvalue weighted by atomic mass is 10.2. The highest BCUT2D eigenvalue weighted by Crippen LogP contribution is 1.93. The Morgan fingerprint density at radius 3 is 0.880 bits per heavy atom. The average Bonchev–Trinajstić information content (AvgIpc) is 2.43. The molecule has 12 nitrogen and oxygen atoms in total. The van der Waals surface area contributed by atoms with Gasteiger partial charge in [0.2, 0.25) is 0 Å². The highest BCUT2D eigenvalue weighted by atomic mass is 16.4. The van der Waals surface area contributed by atoms with E-state index in [2.05, 4.69) is 0 Å². The van der Waals surface area contributed by atoms with Gasteiger partial charge in [0.05, 0.1) is 12.8 Å². The van der Waals surface area contributed by atoms with Crippen molar-refractivity contribution in [1.29, 1.82) is 0 Å². The van der Waals surface area contributed by atoms with Crippen LogP contribution in [0.1, 0.15) is 32.1 Å². The molecule has 0 atom stereocenters. The first-order chi connectivity index (χ1) is 11.4. The Morgan fingerprint density at radius 1 is 0.480 bits per heavy atom. The summed E-state index contributed by atoms with van der Waals surface area (Å²) in [5.74, 6) is -6.56. The van der Waals surface area contributed by atoms with Crippen molar-refractivity contribution < 1.29 is 59.4 Å². The third-order valence-corrected chi connectivity index (χ3v) is 1.70. The molecule has 0 radical (unpaired) electrons. The van der Waals surface area contributed by atoms with Gasteiger partial charge in [0.1, 0.15) is 0 Å². The number of carbonyl (C=O) groups is 6. The lowest BCUT2D eigenvalue weighted by Gasteiger charge is -1.89. The van der Waals surface area contributed by atoms with Crippen LogP contribution in [0.2, 0.25) is 0 Å². The van der Waals surface area contributed by atoms with Crippen molar-refractivity contribution in [2.24, 2.45) is 0 Å². The molecule has 25 heavy (non-hydrogen) atoms. The summed E-state index contributed by atoms with van der Waals surface area (Å²) >= 11 is 0. The molecule has 0 saturated heterocycles. The van der Waals surface area contributed by atoms with Crippen LogP contribution < -0.4 is 0 Å². The van der Waals surface area contributed by atoms with E-state index in [9.17, 15) is 28.8 Å². The Balaban J connectivity index is -0.000000291. The molecule has 0 aliphatic carbocycles. The minimum absolute atomic E-state index is 0.0632. The summed E-state index contributed by atoms with van der Waals surface area (Å²) in [5, 5.41) is 47.5. The summed E-state index contributed by atoms with van der Waals surface area (Å²) in [7, 11) is 0. The first-order valence-corrected chi connectivity index (χ1v) is 6.39. The Hall–Kier alpha value is -3.44. The van der Waals surface area contributed by atoms with Crippen LogP contribution in [0.5, 0.6) is 0 Å². The number of carboxylic acids is 6. The minimum Gasteiger partial charge on any atom is -0.481 e. The predicted octanol–water partition coefficient (Wildman–Crippen LogP) is -0.0265. The summed E-state index contributed by atoms with van der Waals surface area (Å²) in [4.78, 5) is 58.0. The number of hydrogen-bond donors (Lipinski definition) is 6. The minimum atomic E-state index is -1.26. The molecule has 0 bridgehead atoms. The van der Waals surface area contributed by atoms with Crippen molar-refractivity contribution in [2.45, 2.75) is 32.1 Å². The summed E-state index contributed by atoms with van der Waals surface area (Å²) in [6, 6.07) is 0. The van der Waals surface area contributed by atoms with Crippen LogP contribution in [0, 0.1) is 0 Å². The molecule has 0 aromatic heterocycles. The Bertz CT molecular complexity index is 461. The predicted molar refractivity (Wildman–Crippen MR) is 78.0 cm³/mol. The van der Waals surface area contributed by atoms with Crippen LogP contribution >= 0.6 is 0 Å². The van der Waals surface area contributed by atoms with Gasteiger partial charge in [0, 0.05) is 25.0 Å². The highest BCUT2D eigenvalue weighted by Gasteiger charge is 2.00. The number of carboxylic acid groups (broad SMARTS) is 6. The topological polar surface area (TPSA) is 224 Å². The second-order valence-corrected chi connectivity index (χ2v) is 3.94. The van der Waals surface area contributed by atoms with Gasteiger partial charge in [0.25, 0.3) is 0 Å². The van der Waals surface area contributed by atoms with Gasteiger partial charge in [-0.15, -0.1) is 0 Å². The van der Waals surface area contributed by atoms with E-state index in [4.69, 9.17) is 30.6 Å². The van der Waals surface area contributed by atoms with Gasteiger partial charge < -0.3 is 30.6 Å². The van der Waals surface area contributed by atoms with Crippen molar-refractivity contribution in [3.05, 3.63) is 12.2 Å². The SMILES string of the molecule is O=C(O)/C=C/C(=O)O.O=C(O)CCC(=O)O.O=C(O)CCCC(=O)O. The second kappa shape index (κ2) is 16.9. The number of hydrogen-bond acceptors (Lipinski definition) is 6. The largest absolute Gasteiger partial charge is 0.481 e. The molecule has 0 unspecified atom stereocenters. The van der Waals surface area contributed by atoms with E-state index in [-0.39, 0.29) is 32.1 Å². The zero-order valence-corrected chi connectivity index (χ0v) is 12.8. The van der Waals surface area contributed by atoms with Crippen LogP contribution in [-0.4, -0.2) is 66.5 Å². The van der Waals surface area contributed by atoms with Crippen LogP contribution in [-0.2, 0) is 28.8 Å². The maximum absolute atomic E-state index is 9.79. The van der Waals surface area contributed by atoms with Gasteiger partial charge in [-0.05, 0) is 6.42 Å². The molecule has 0 aromatic carbocycles. The first-order valence-electron chi connectivity index (χ1n) is 6.39. The van der Waals surface area contributed by atoms with Gasteiger partial charge in [-0.25, -0.2) is 9.59 Å². The van der Waals surface area contributed by atoms with Gasteiger partial charge >= 0.3 is 35.8 Å². The lowest BCUT2D eigenvalue weighted by molar-refractivity contribution is -0.143. The Labute approximate surface area is 140 Å². The average molecular weight is 366 g/mol. The van der Waals surface area contributed by atoms with Gasteiger partial charge in [-0.2, -0.15) is 0 Å². The quantitative estimate of drug-likeness (QED) is 0.296. The van der Waals surface area contributed by atoms with Gasteiger partial charge in [-0.1, -0.05) is 0 Å². The van der Waals surface area contributed by atoms with Crippen molar-refractivity contribution >= 4 is 35.8 Å². The molecule has 12 heteroatoms. The summed E-state index contributed by atoms with van der Waals surface area (Å²) in [6.45, 7) is 0. The first kappa shape index (κ1) is 26.5. The van der Waals surface area contributed by atoms with Crippen molar-refractivity contribution in [3.63, 3.8) is 0 Å². The molecule has 0 spiro atoms. The third kappa shape index (κ3) is 44.9. The van der Waals surface area contributed by atoms with E-state index in [0.717, 1.165) is 0 Å². The molecule has 0 heterocycles. The zero-order valence-electron chi connectivity index (χ0n) is 12.8. The van der Waals surface area contributed by atoms with Gasteiger partial charge in [-0.3, -0.25) is 19.2 Å². The third-order valence-electron chi connectivity index (χ3n) is 1.70. The lowest BCUT2D eigenvalue weighted by Crippen LogP contribution is -2.00. The molecule has 0 aliphatic heterocycles. The fourth-order valence-corrected chi connectivity index (χ4v) is 0.747. The molecular formula is C13H18O12. The van der Waals surface area contributed by atoms with Crippen LogP contribution in [0.25, 0.3) is 0 Å². The molecule has 0 aromatic rings. The number of rotatable bonds is 9. The van der Waals surface area contributed by atoms with Crippen LogP contribution in [0.15, 0.2) is 12.2 Å². The zero-order chi connectivity index (χ0) is 20.4. The standard InChI is InChI=1S/C5H8O4.C4H6O4.C4H4O4/c6-4(7)2-1-3-5(8)9;2*5-3(6)1-2-4(7)8/h1-3H2,(H,6,7)(H,8,9);1-2H2,(H,5,6)(H,7,8);1-2H,(H,5,6)(H,7,8)/b;;2-1+. The second-order valence-electron chi connectivity index (χ2n) is 3.94. The molecule has 0 aliphatic rings. The molecule has 0 saturated carbocycles. The molecular weight excluding hydrogens is 348 g/mol. The molecule has 142 valence electrons. The normalized spacial score (nSPS) is 8.96. The van der Waals surface area contributed by atoms with Crippen LogP contribution in [0.3, 0.4) is 0 Å². The summed E-state index contributed by atoms with van der Waals surface area (Å²) < 4.78 is 0. The number of aliphatic carboxylic acids is 6. The molecule has 0 rings (SSSR count). The molecule has 0 amide bonds. The summed E-state index contributed by atoms with van der Waals surface area (Å²) in [6.07, 6.45) is 0.610. The van der Waals surface area contributed by atoms with Crippen molar-refractivity contribution in [1.82, 2.24) is 0 Å². The smallest absolute Gasteiger partial charge is 0.328 e. The Kier molecular flexibility index (Phi) is 17.9. The highest BCUT2D eigenvalue weighted by molar-refractivity contribution is 5.89.